The quantitative estimate of drug-likeness (QED) is 0.859. The minimum absolute atomic E-state index is 0.0106. The van der Waals surface area contributed by atoms with Gasteiger partial charge in [0.05, 0.1) is 13.0 Å². The monoisotopic (exact) mass is 283 g/mol. The third-order valence-electron chi connectivity index (χ3n) is 2.91. The summed E-state index contributed by atoms with van der Waals surface area (Å²) >= 11 is 6.13. The lowest BCUT2D eigenvalue weighted by molar-refractivity contribution is -0.143. The Morgan fingerprint density at radius 3 is 2.53 bits per heavy atom. The molecule has 1 aromatic rings. The van der Waals surface area contributed by atoms with Crippen LogP contribution in [0.4, 0.5) is 0 Å². The number of hydrogen-bond donors (Lipinski definition) is 1. The molecule has 19 heavy (non-hydrogen) atoms. The molecular weight excluding hydrogens is 262 g/mol. The number of rotatable bonds is 4. The standard InChI is InChI=1S/C15H22ClNO2/c1-5-19-14(18)9-13(17)10-6-11(15(2,3)4)8-12(16)7-10/h6-8,13H,5,9,17H2,1-4H3/t13-/m0/s1. The summed E-state index contributed by atoms with van der Waals surface area (Å²) in [6.45, 7) is 8.48. The molecule has 0 bridgehead atoms. The average Bonchev–Trinajstić information content (AvgIpc) is 2.27. The number of esters is 1. The number of hydrogen-bond acceptors (Lipinski definition) is 3. The first kappa shape index (κ1) is 16.0. The normalized spacial score (nSPS) is 13.2. The predicted octanol–water partition coefficient (Wildman–Crippen LogP) is 3.59. The van der Waals surface area contributed by atoms with Gasteiger partial charge < -0.3 is 10.5 Å². The second-order valence-corrected chi connectivity index (χ2v) is 6.08. The van der Waals surface area contributed by atoms with Gasteiger partial charge in [-0.25, -0.2) is 0 Å². The molecular formula is C15H22ClNO2. The number of ether oxygens (including phenoxy) is 1. The van der Waals surface area contributed by atoms with Crippen molar-refractivity contribution in [3.8, 4) is 0 Å². The van der Waals surface area contributed by atoms with E-state index in [1.807, 2.05) is 12.1 Å². The van der Waals surface area contributed by atoms with Crippen LogP contribution in [0, 0.1) is 0 Å². The van der Waals surface area contributed by atoms with Gasteiger partial charge in [-0.3, -0.25) is 4.79 Å². The molecule has 106 valence electrons. The fourth-order valence-corrected chi connectivity index (χ4v) is 2.02. The molecule has 3 nitrogen and oxygen atoms in total. The topological polar surface area (TPSA) is 52.3 Å². The molecule has 1 aromatic carbocycles. The molecule has 0 amide bonds. The van der Waals surface area contributed by atoms with E-state index < -0.39 is 0 Å². The van der Waals surface area contributed by atoms with Gasteiger partial charge in [-0.1, -0.05) is 38.4 Å². The molecule has 0 aliphatic heterocycles. The summed E-state index contributed by atoms with van der Waals surface area (Å²) in [6, 6.07) is 5.36. The minimum atomic E-state index is -0.390. The van der Waals surface area contributed by atoms with Crippen LogP contribution in [-0.2, 0) is 14.9 Å². The minimum Gasteiger partial charge on any atom is -0.466 e. The summed E-state index contributed by atoms with van der Waals surface area (Å²) in [5.74, 6) is -0.285. The van der Waals surface area contributed by atoms with Crippen LogP contribution in [0.5, 0.6) is 0 Å². The summed E-state index contributed by atoms with van der Waals surface area (Å²) in [7, 11) is 0. The highest BCUT2D eigenvalue weighted by Crippen LogP contribution is 2.29. The SMILES string of the molecule is CCOC(=O)C[C@H](N)c1cc(Cl)cc(C(C)(C)C)c1. The maximum Gasteiger partial charge on any atom is 0.307 e. The van der Waals surface area contributed by atoms with Crippen LogP contribution in [-0.4, -0.2) is 12.6 Å². The van der Waals surface area contributed by atoms with Crippen molar-refractivity contribution in [3.63, 3.8) is 0 Å². The van der Waals surface area contributed by atoms with Crippen LogP contribution >= 0.6 is 11.6 Å². The molecule has 1 rings (SSSR count). The van der Waals surface area contributed by atoms with Crippen LogP contribution in [0.1, 0.15) is 51.3 Å². The lowest BCUT2D eigenvalue weighted by Gasteiger charge is -2.22. The van der Waals surface area contributed by atoms with E-state index in [9.17, 15) is 4.79 Å². The van der Waals surface area contributed by atoms with Crippen molar-refractivity contribution in [2.45, 2.75) is 45.6 Å². The molecule has 0 saturated heterocycles. The molecule has 0 unspecified atom stereocenters. The predicted molar refractivity (Wildman–Crippen MR) is 78.3 cm³/mol. The third kappa shape index (κ3) is 4.84. The number of halogens is 1. The van der Waals surface area contributed by atoms with Crippen molar-refractivity contribution in [1.82, 2.24) is 0 Å². The Balaban J connectivity index is 2.94. The van der Waals surface area contributed by atoms with E-state index in [1.165, 1.54) is 0 Å². The van der Waals surface area contributed by atoms with Gasteiger partial charge in [0.15, 0.2) is 0 Å². The number of carbonyl (C=O) groups excluding carboxylic acids is 1. The number of carbonyl (C=O) groups is 1. The van der Waals surface area contributed by atoms with Crippen LogP contribution < -0.4 is 5.73 Å². The summed E-state index contributed by atoms with van der Waals surface area (Å²) in [6.07, 6.45) is 0.164. The maximum atomic E-state index is 11.5. The van der Waals surface area contributed by atoms with Crippen molar-refractivity contribution >= 4 is 17.6 Å². The highest BCUT2D eigenvalue weighted by atomic mass is 35.5. The molecule has 2 N–H and O–H groups in total. The molecule has 0 aromatic heterocycles. The Morgan fingerprint density at radius 2 is 2.00 bits per heavy atom. The molecule has 1 atom stereocenters. The lowest BCUT2D eigenvalue weighted by Crippen LogP contribution is -2.19. The highest BCUT2D eigenvalue weighted by Gasteiger charge is 2.18. The van der Waals surface area contributed by atoms with E-state index >= 15 is 0 Å². The first-order valence-electron chi connectivity index (χ1n) is 6.46. The zero-order valence-electron chi connectivity index (χ0n) is 12.0. The van der Waals surface area contributed by atoms with Crippen molar-refractivity contribution in [3.05, 3.63) is 34.3 Å². The summed E-state index contributed by atoms with van der Waals surface area (Å²) in [5.41, 5.74) is 8.01. The molecule has 0 aliphatic rings. The second-order valence-electron chi connectivity index (χ2n) is 5.64. The van der Waals surface area contributed by atoms with E-state index in [-0.39, 0.29) is 23.8 Å². The highest BCUT2D eigenvalue weighted by molar-refractivity contribution is 6.30. The Morgan fingerprint density at radius 1 is 1.37 bits per heavy atom. The zero-order valence-corrected chi connectivity index (χ0v) is 12.8. The molecule has 0 saturated carbocycles. The molecule has 0 spiro atoms. The Bertz CT molecular complexity index is 452. The van der Waals surface area contributed by atoms with Crippen molar-refractivity contribution in [2.75, 3.05) is 6.61 Å². The van der Waals surface area contributed by atoms with Crippen LogP contribution in [0.3, 0.4) is 0 Å². The molecule has 0 aliphatic carbocycles. The summed E-state index contributed by atoms with van der Waals surface area (Å²) in [4.78, 5) is 11.5. The van der Waals surface area contributed by atoms with E-state index in [0.717, 1.165) is 11.1 Å². The van der Waals surface area contributed by atoms with E-state index in [1.54, 1.807) is 13.0 Å². The molecule has 0 radical (unpaired) electrons. The maximum absolute atomic E-state index is 11.5. The van der Waals surface area contributed by atoms with Crippen LogP contribution in [0.25, 0.3) is 0 Å². The number of nitrogens with two attached hydrogens (primary N) is 1. The van der Waals surface area contributed by atoms with Crippen LogP contribution in [0.2, 0.25) is 5.02 Å². The van der Waals surface area contributed by atoms with Crippen LogP contribution in [0.15, 0.2) is 18.2 Å². The zero-order chi connectivity index (χ0) is 14.6. The fourth-order valence-electron chi connectivity index (χ4n) is 1.78. The Labute approximate surface area is 120 Å². The summed E-state index contributed by atoms with van der Waals surface area (Å²) in [5, 5.41) is 0.640. The Hall–Kier alpha value is -1.06. The smallest absolute Gasteiger partial charge is 0.307 e. The van der Waals surface area contributed by atoms with Gasteiger partial charge in [0.25, 0.3) is 0 Å². The first-order chi connectivity index (χ1) is 8.74. The Kier molecular flexibility index (Phi) is 5.39. The summed E-state index contributed by atoms with van der Waals surface area (Å²) < 4.78 is 4.91. The number of benzene rings is 1. The van der Waals surface area contributed by atoms with E-state index in [4.69, 9.17) is 22.1 Å². The largest absolute Gasteiger partial charge is 0.466 e. The van der Waals surface area contributed by atoms with Gasteiger partial charge in [-0.15, -0.1) is 0 Å². The van der Waals surface area contributed by atoms with Gasteiger partial charge in [0, 0.05) is 11.1 Å². The lowest BCUT2D eigenvalue weighted by atomic mass is 9.85. The van der Waals surface area contributed by atoms with Gasteiger partial charge in [0.2, 0.25) is 0 Å². The van der Waals surface area contributed by atoms with Gasteiger partial charge >= 0.3 is 5.97 Å². The van der Waals surface area contributed by atoms with Gasteiger partial charge in [0.1, 0.15) is 0 Å². The average molecular weight is 284 g/mol. The van der Waals surface area contributed by atoms with E-state index in [0.29, 0.717) is 11.6 Å². The third-order valence-corrected chi connectivity index (χ3v) is 3.12. The second kappa shape index (κ2) is 6.40. The molecule has 0 heterocycles. The van der Waals surface area contributed by atoms with E-state index in [2.05, 4.69) is 20.8 Å². The van der Waals surface area contributed by atoms with Crippen molar-refractivity contribution in [2.24, 2.45) is 5.73 Å². The van der Waals surface area contributed by atoms with Gasteiger partial charge in [-0.05, 0) is 35.6 Å². The first-order valence-corrected chi connectivity index (χ1v) is 6.84. The van der Waals surface area contributed by atoms with Crippen molar-refractivity contribution < 1.29 is 9.53 Å². The molecule has 4 heteroatoms. The molecule has 0 fully saturated rings. The van der Waals surface area contributed by atoms with Gasteiger partial charge in [-0.2, -0.15) is 0 Å². The van der Waals surface area contributed by atoms with Crippen molar-refractivity contribution in [1.29, 1.82) is 0 Å². The fraction of sp³-hybridized carbons (Fsp3) is 0.533.